The second-order valence-corrected chi connectivity index (χ2v) is 16.0. The number of allylic oxidation sites excluding steroid dienone is 4. The summed E-state index contributed by atoms with van der Waals surface area (Å²) in [6.07, 6.45) is 9.06. The molecule has 62 heavy (non-hydrogen) atoms. The number of hydrogen-bond acceptors (Lipinski definition) is 1. The zero-order valence-electron chi connectivity index (χ0n) is 34.4. The predicted octanol–water partition coefficient (Wildman–Crippen LogP) is 16.7. The smallest absolute Gasteiger partial charge is 0.0553 e. The Morgan fingerprint density at radius 2 is 0.839 bits per heavy atom. The lowest BCUT2D eigenvalue weighted by molar-refractivity contribution is 1.04. The molecule has 0 aliphatic heterocycles. The van der Waals surface area contributed by atoms with Gasteiger partial charge in [-0.3, -0.25) is 0 Å². The molecule has 0 unspecified atom stereocenters. The first-order valence-corrected chi connectivity index (χ1v) is 21.6. The van der Waals surface area contributed by atoms with E-state index in [-0.39, 0.29) is 0 Å². The summed E-state index contributed by atoms with van der Waals surface area (Å²) in [5.74, 6) is 0. The van der Waals surface area contributed by atoms with Crippen LogP contribution < -0.4 is 4.90 Å². The second kappa shape index (κ2) is 16.3. The van der Waals surface area contributed by atoms with Gasteiger partial charge in [0.2, 0.25) is 0 Å². The van der Waals surface area contributed by atoms with E-state index in [9.17, 15) is 0 Å². The van der Waals surface area contributed by atoms with Crippen molar-refractivity contribution in [1.82, 2.24) is 4.57 Å². The maximum atomic E-state index is 2.43. The fraction of sp³-hybridized carbons (Fsp3) is 0.0333. The van der Waals surface area contributed by atoms with Gasteiger partial charge in [0.05, 0.1) is 11.0 Å². The summed E-state index contributed by atoms with van der Waals surface area (Å²) in [5.41, 5.74) is 19.0. The number of fused-ring (bicyclic) bond motifs is 3. The SMILES string of the molecule is C1=CC(c2ccc(N(c3ccc(-c4ccccc4)cc3)c3ccc(-c4ccc5c(c4)c4c(-c6ccccc6)cc(-c6ccccc6)cc4n5-c4ccccc4)cc3)cc2)=CCC1. The van der Waals surface area contributed by atoms with E-state index < -0.39 is 0 Å². The van der Waals surface area contributed by atoms with Gasteiger partial charge in [0.15, 0.2) is 0 Å². The highest BCUT2D eigenvalue weighted by Crippen LogP contribution is 2.43. The molecule has 0 saturated heterocycles. The van der Waals surface area contributed by atoms with E-state index in [4.69, 9.17) is 0 Å². The van der Waals surface area contributed by atoms with Crippen molar-refractivity contribution in [3.8, 4) is 50.2 Å². The highest BCUT2D eigenvalue weighted by atomic mass is 15.1. The monoisotopic (exact) mass is 792 g/mol. The topological polar surface area (TPSA) is 8.17 Å². The van der Waals surface area contributed by atoms with Crippen LogP contribution in [0.25, 0.3) is 77.6 Å². The third-order valence-corrected chi connectivity index (χ3v) is 12.2. The second-order valence-electron chi connectivity index (χ2n) is 16.0. The van der Waals surface area contributed by atoms with E-state index in [1.54, 1.807) is 0 Å². The Morgan fingerprint density at radius 3 is 1.40 bits per heavy atom. The zero-order chi connectivity index (χ0) is 41.2. The number of rotatable bonds is 9. The molecule has 0 radical (unpaired) electrons. The van der Waals surface area contributed by atoms with Crippen LogP contribution in [-0.2, 0) is 0 Å². The molecule has 0 atom stereocenters. The van der Waals surface area contributed by atoms with Crippen LogP contribution >= 0.6 is 0 Å². The van der Waals surface area contributed by atoms with Gasteiger partial charge in [-0.1, -0.05) is 170 Å². The predicted molar refractivity (Wildman–Crippen MR) is 264 cm³/mol. The summed E-state index contributed by atoms with van der Waals surface area (Å²) in [5, 5.41) is 2.48. The Hall–Kier alpha value is -7.94. The Labute approximate surface area is 363 Å². The summed E-state index contributed by atoms with van der Waals surface area (Å²) in [7, 11) is 0. The number of nitrogens with zero attached hydrogens (tertiary/aromatic N) is 2. The van der Waals surface area contributed by atoms with Gasteiger partial charge in [-0.2, -0.15) is 0 Å². The zero-order valence-corrected chi connectivity index (χ0v) is 34.4. The standard InChI is InChI=1S/C60H44N2/c1-6-16-43(17-7-1)46-26-33-53(34-27-46)61(54-35-28-47(29-36-54)44-18-8-2-9-19-44)55-37-30-48(31-38-55)50-32-39-58-57(40-50)60-56(49-22-12-4-13-23-49)41-51(45-20-10-3-11-21-45)42-59(60)62(58)52-24-14-5-15-25-52/h1,3-8,10-42H,2,9H2. The summed E-state index contributed by atoms with van der Waals surface area (Å²) in [6.45, 7) is 0. The molecule has 1 heterocycles. The molecule has 0 amide bonds. The molecule has 0 bridgehead atoms. The third kappa shape index (κ3) is 7.02. The van der Waals surface area contributed by atoms with Crippen LogP contribution in [0.3, 0.4) is 0 Å². The molecule has 0 N–H and O–H groups in total. The van der Waals surface area contributed by atoms with Gasteiger partial charge in [0.25, 0.3) is 0 Å². The van der Waals surface area contributed by atoms with E-state index >= 15 is 0 Å². The van der Waals surface area contributed by atoms with Crippen molar-refractivity contribution in [3.63, 3.8) is 0 Å². The number of para-hydroxylation sites is 1. The number of aromatic nitrogens is 1. The van der Waals surface area contributed by atoms with Gasteiger partial charge in [-0.25, -0.2) is 0 Å². The van der Waals surface area contributed by atoms with E-state index in [1.165, 1.54) is 77.5 Å². The Morgan fingerprint density at radius 1 is 0.355 bits per heavy atom. The molecule has 0 fully saturated rings. The van der Waals surface area contributed by atoms with Crippen molar-refractivity contribution in [2.75, 3.05) is 4.90 Å². The van der Waals surface area contributed by atoms with Crippen molar-refractivity contribution in [2.24, 2.45) is 0 Å². The molecule has 294 valence electrons. The Balaban J connectivity index is 1.03. The van der Waals surface area contributed by atoms with Crippen LogP contribution in [0.2, 0.25) is 0 Å². The number of benzene rings is 9. The lowest BCUT2D eigenvalue weighted by atomic mass is 9.93. The van der Waals surface area contributed by atoms with Gasteiger partial charge in [-0.15, -0.1) is 0 Å². The first-order chi connectivity index (χ1) is 30.7. The lowest BCUT2D eigenvalue weighted by Crippen LogP contribution is -2.10. The Bertz CT molecular complexity index is 3220. The van der Waals surface area contributed by atoms with Crippen LogP contribution in [-0.4, -0.2) is 4.57 Å². The molecular formula is C60H44N2. The van der Waals surface area contributed by atoms with E-state index in [0.717, 1.165) is 35.6 Å². The van der Waals surface area contributed by atoms with Gasteiger partial charge in [-0.05, 0) is 141 Å². The van der Waals surface area contributed by atoms with Crippen LogP contribution in [0.15, 0.2) is 243 Å². The molecule has 0 saturated carbocycles. The lowest BCUT2D eigenvalue weighted by Gasteiger charge is -2.26. The Kier molecular flexibility index (Phi) is 9.72. The minimum absolute atomic E-state index is 1.09. The van der Waals surface area contributed by atoms with Crippen LogP contribution in [0.4, 0.5) is 17.1 Å². The highest BCUT2D eigenvalue weighted by molar-refractivity contribution is 6.17. The fourth-order valence-electron chi connectivity index (χ4n) is 9.14. The normalized spacial score (nSPS) is 12.4. The number of anilines is 3. The molecular weight excluding hydrogens is 749 g/mol. The molecule has 1 aliphatic carbocycles. The maximum absolute atomic E-state index is 2.43. The molecule has 9 aromatic carbocycles. The van der Waals surface area contributed by atoms with Crippen molar-refractivity contribution in [3.05, 3.63) is 248 Å². The average Bonchev–Trinajstić information content (AvgIpc) is 3.69. The van der Waals surface area contributed by atoms with E-state index in [2.05, 4.69) is 252 Å². The molecule has 11 rings (SSSR count). The molecule has 2 nitrogen and oxygen atoms in total. The maximum Gasteiger partial charge on any atom is 0.0553 e. The van der Waals surface area contributed by atoms with E-state index in [0.29, 0.717) is 0 Å². The molecule has 1 aromatic heterocycles. The largest absolute Gasteiger partial charge is 0.311 e. The van der Waals surface area contributed by atoms with Gasteiger partial charge >= 0.3 is 0 Å². The van der Waals surface area contributed by atoms with Crippen molar-refractivity contribution in [1.29, 1.82) is 0 Å². The first-order valence-electron chi connectivity index (χ1n) is 21.6. The van der Waals surface area contributed by atoms with Gasteiger partial charge in [0, 0.05) is 33.5 Å². The molecule has 1 aliphatic rings. The average molecular weight is 793 g/mol. The van der Waals surface area contributed by atoms with Crippen LogP contribution in [0.5, 0.6) is 0 Å². The fourth-order valence-corrected chi connectivity index (χ4v) is 9.14. The van der Waals surface area contributed by atoms with Gasteiger partial charge in [0.1, 0.15) is 0 Å². The molecule has 10 aromatic rings. The van der Waals surface area contributed by atoms with E-state index in [1.807, 2.05) is 0 Å². The quantitative estimate of drug-likeness (QED) is 0.141. The first kappa shape index (κ1) is 37.1. The van der Waals surface area contributed by atoms with Crippen LogP contribution in [0, 0.1) is 0 Å². The molecule has 2 heteroatoms. The summed E-state index contributed by atoms with van der Waals surface area (Å²) >= 11 is 0. The summed E-state index contributed by atoms with van der Waals surface area (Å²) < 4.78 is 2.43. The third-order valence-electron chi connectivity index (χ3n) is 12.2. The van der Waals surface area contributed by atoms with Crippen molar-refractivity contribution < 1.29 is 0 Å². The van der Waals surface area contributed by atoms with Crippen LogP contribution in [0.1, 0.15) is 18.4 Å². The summed E-state index contributed by atoms with van der Waals surface area (Å²) in [4.78, 5) is 2.36. The minimum Gasteiger partial charge on any atom is -0.311 e. The molecule has 0 spiro atoms. The van der Waals surface area contributed by atoms with Gasteiger partial charge < -0.3 is 9.47 Å². The number of hydrogen-bond donors (Lipinski definition) is 0. The summed E-state index contributed by atoms with van der Waals surface area (Å²) in [6, 6.07) is 81.7. The highest BCUT2D eigenvalue weighted by Gasteiger charge is 2.20. The minimum atomic E-state index is 1.09. The van der Waals surface area contributed by atoms with Crippen molar-refractivity contribution in [2.45, 2.75) is 12.8 Å². The van der Waals surface area contributed by atoms with Crippen molar-refractivity contribution >= 4 is 44.4 Å².